The van der Waals surface area contributed by atoms with E-state index in [1.807, 2.05) is 0 Å². The molecule has 0 atom stereocenters. The Morgan fingerprint density at radius 1 is 1.23 bits per heavy atom. The Bertz CT molecular complexity index is 1010. The van der Waals surface area contributed by atoms with Crippen LogP contribution in [0.3, 0.4) is 0 Å². The molecule has 0 bridgehead atoms. The number of carbonyl (C=O) groups is 1. The fraction of sp³-hybridized carbons (Fsp3) is 0.0526. The minimum Gasteiger partial charge on any atom is -0.489 e. The summed E-state index contributed by atoms with van der Waals surface area (Å²) in [6, 6.07) is 14.3. The van der Waals surface area contributed by atoms with Crippen molar-refractivity contribution in [1.29, 1.82) is 5.26 Å². The first-order valence-electron chi connectivity index (χ1n) is 7.55. The first kappa shape index (κ1) is 17.0. The first-order chi connectivity index (χ1) is 12.6. The number of nitriles is 1. The summed E-state index contributed by atoms with van der Waals surface area (Å²) in [6.45, 7) is -0.0547. The van der Waals surface area contributed by atoms with Gasteiger partial charge in [-0.2, -0.15) is 5.26 Å². The number of benzene rings is 2. The molecular weight excluding hydrogens is 337 g/mol. The van der Waals surface area contributed by atoms with Crippen molar-refractivity contribution >= 4 is 5.97 Å². The van der Waals surface area contributed by atoms with Crippen LogP contribution in [-0.4, -0.2) is 21.0 Å². The Morgan fingerprint density at radius 2 is 2.04 bits per heavy atom. The van der Waals surface area contributed by atoms with Gasteiger partial charge in [-0.25, -0.2) is 19.2 Å². The summed E-state index contributed by atoms with van der Waals surface area (Å²) in [4.78, 5) is 19.1. The van der Waals surface area contributed by atoms with Gasteiger partial charge in [0.15, 0.2) is 11.5 Å². The van der Waals surface area contributed by atoms with Crippen molar-refractivity contribution in [2.24, 2.45) is 0 Å². The minimum atomic E-state index is -1.14. The predicted octanol–water partition coefficient (Wildman–Crippen LogP) is 3.43. The molecule has 0 radical (unpaired) electrons. The largest absolute Gasteiger partial charge is 0.489 e. The lowest BCUT2D eigenvalue weighted by Gasteiger charge is -2.09. The number of aromatic nitrogens is 2. The zero-order valence-electron chi connectivity index (χ0n) is 13.4. The van der Waals surface area contributed by atoms with Crippen LogP contribution in [0, 0.1) is 17.1 Å². The van der Waals surface area contributed by atoms with Crippen LogP contribution in [0.25, 0.3) is 11.4 Å². The SMILES string of the molecule is N#Cc1cccc(COc2cccc(-c3nccc(C(=O)O)n3)c2)c1F. The van der Waals surface area contributed by atoms with Gasteiger partial charge in [-0.3, -0.25) is 0 Å². The number of aromatic carboxylic acids is 1. The van der Waals surface area contributed by atoms with Crippen LogP contribution in [0.4, 0.5) is 4.39 Å². The Labute approximate surface area is 148 Å². The lowest BCUT2D eigenvalue weighted by atomic mass is 10.1. The number of rotatable bonds is 5. The molecule has 128 valence electrons. The maximum atomic E-state index is 14.1. The monoisotopic (exact) mass is 349 g/mol. The summed E-state index contributed by atoms with van der Waals surface area (Å²) < 4.78 is 19.7. The molecule has 0 unspecified atom stereocenters. The Balaban J connectivity index is 1.81. The van der Waals surface area contributed by atoms with Crippen molar-refractivity contribution in [1.82, 2.24) is 9.97 Å². The molecule has 7 heteroatoms. The number of carboxylic acid groups (broad SMARTS) is 1. The number of halogens is 1. The second-order valence-electron chi connectivity index (χ2n) is 5.28. The lowest BCUT2D eigenvalue weighted by molar-refractivity contribution is 0.0690. The van der Waals surface area contributed by atoms with Crippen molar-refractivity contribution in [2.75, 3.05) is 0 Å². The summed E-state index contributed by atoms with van der Waals surface area (Å²) in [5, 5.41) is 17.9. The van der Waals surface area contributed by atoms with E-state index in [0.29, 0.717) is 11.3 Å². The van der Waals surface area contributed by atoms with E-state index in [0.717, 1.165) is 0 Å². The van der Waals surface area contributed by atoms with Gasteiger partial charge < -0.3 is 9.84 Å². The van der Waals surface area contributed by atoms with E-state index in [2.05, 4.69) is 9.97 Å². The summed E-state index contributed by atoms with van der Waals surface area (Å²) in [5.74, 6) is -1.07. The lowest BCUT2D eigenvalue weighted by Crippen LogP contribution is -2.03. The quantitative estimate of drug-likeness (QED) is 0.758. The van der Waals surface area contributed by atoms with Gasteiger partial charge in [0, 0.05) is 17.3 Å². The van der Waals surface area contributed by atoms with Crippen LogP contribution in [0.5, 0.6) is 5.75 Å². The highest BCUT2D eigenvalue weighted by Gasteiger charge is 2.10. The molecule has 0 aliphatic carbocycles. The molecule has 2 aromatic carbocycles. The minimum absolute atomic E-state index is 0.0428. The van der Waals surface area contributed by atoms with Gasteiger partial charge in [-0.15, -0.1) is 0 Å². The number of hydrogen-bond acceptors (Lipinski definition) is 5. The molecule has 0 aliphatic heterocycles. The van der Waals surface area contributed by atoms with Gasteiger partial charge in [0.2, 0.25) is 0 Å². The van der Waals surface area contributed by atoms with Gasteiger partial charge >= 0.3 is 5.97 Å². The van der Waals surface area contributed by atoms with Gasteiger partial charge in [0.1, 0.15) is 24.2 Å². The highest BCUT2D eigenvalue weighted by Crippen LogP contribution is 2.22. The molecule has 0 fully saturated rings. The maximum Gasteiger partial charge on any atom is 0.354 e. The number of nitrogens with zero attached hydrogens (tertiary/aromatic N) is 3. The topological polar surface area (TPSA) is 96.1 Å². The van der Waals surface area contributed by atoms with Gasteiger partial charge in [0.05, 0.1) is 5.56 Å². The van der Waals surface area contributed by atoms with Crippen LogP contribution < -0.4 is 4.74 Å². The smallest absolute Gasteiger partial charge is 0.354 e. The van der Waals surface area contributed by atoms with Crippen molar-refractivity contribution in [3.8, 4) is 23.2 Å². The third-order valence-electron chi connectivity index (χ3n) is 3.56. The molecule has 3 rings (SSSR count). The van der Waals surface area contributed by atoms with Crippen LogP contribution in [0.2, 0.25) is 0 Å². The molecule has 0 amide bonds. The molecule has 0 saturated heterocycles. The summed E-state index contributed by atoms with van der Waals surface area (Å²) in [7, 11) is 0. The fourth-order valence-corrected chi connectivity index (χ4v) is 2.28. The average molecular weight is 349 g/mol. The molecular formula is C19H12FN3O3. The second kappa shape index (κ2) is 7.40. The molecule has 0 aliphatic rings. The molecule has 3 aromatic rings. The van der Waals surface area contributed by atoms with Crippen LogP contribution >= 0.6 is 0 Å². The van der Waals surface area contributed by atoms with E-state index in [-0.39, 0.29) is 29.3 Å². The van der Waals surface area contributed by atoms with Crippen molar-refractivity contribution < 1.29 is 19.0 Å². The van der Waals surface area contributed by atoms with Crippen molar-refractivity contribution in [3.05, 3.63) is 77.4 Å². The van der Waals surface area contributed by atoms with Crippen LogP contribution in [0.1, 0.15) is 21.6 Å². The van der Waals surface area contributed by atoms with E-state index < -0.39 is 11.8 Å². The molecule has 0 spiro atoms. The molecule has 26 heavy (non-hydrogen) atoms. The molecule has 0 saturated carbocycles. The maximum absolute atomic E-state index is 14.1. The third kappa shape index (κ3) is 3.65. The van der Waals surface area contributed by atoms with Gasteiger partial charge in [-0.05, 0) is 24.3 Å². The van der Waals surface area contributed by atoms with Gasteiger partial charge in [0.25, 0.3) is 0 Å². The Hall–Kier alpha value is -3.79. The van der Waals surface area contributed by atoms with Gasteiger partial charge in [-0.1, -0.05) is 24.3 Å². The standard InChI is InChI=1S/C19H12FN3O3/c20-17-13(10-21)4-1-5-14(17)11-26-15-6-2-3-12(9-15)18-22-8-7-16(23-18)19(24)25/h1-9H,11H2,(H,24,25). The summed E-state index contributed by atoms with van der Waals surface area (Å²) in [5.41, 5.74) is 0.672. The molecule has 1 heterocycles. The average Bonchev–Trinajstić information content (AvgIpc) is 2.67. The van der Waals surface area contributed by atoms with E-state index >= 15 is 0 Å². The Kier molecular flexibility index (Phi) is 4.85. The third-order valence-corrected chi connectivity index (χ3v) is 3.56. The highest BCUT2D eigenvalue weighted by molar-refractivity contribution is 5.85. The number of ether oxygens (including phenoxy) is 1. The highest BCUT2D eigenvalue weighted by atomic mass is 19.1. The van der Waals surface area contributed by atoms with Crippen LogP contribution in [-0.2, 0) is 6.61 Å². The van der Waals surface area contributed by atoms with Crippen molar-refractivity contribution in [2.45, 2.75) is 6.61 Å². The van der Waals surface area contributed by atoms with Crippen LogP contribution in [0.15, 0.2) is 54.7 Å². The van der Waals surface area contributed by atoms with Crippen molar-refractivity contribution in [3.63, 3.8) is 0 Å². The second-order valence-corrected chi connectivity index (χ2v) is 5.28. The summed E-state index contributed by atoms with van der Waals surface area (Å²) >= 11 is 0. The summed E-state index contributed by atoms with van der Waals surface area (Å²) in [6.07, 6.45) is 1.36. The zero-order chi connectivity index (χ0) is 18.5. The van der Waals surface area contributed by atoms with E-state index in [4.69, 9.17) is 15.1 Å². The predicted molar refractivity (Wildman–Crippen MR) is 89.9 cm³/mol. The zero-order valence-corrected chi connectivity index (χ0v) is 13.4. The first-order valence-corrected chi connectivity index (χ1v) is 7.55. The fourth-order valence-electron chi connectivity index (χ4n) is 2.28. The van der Waals surface area contributed by atoms with E-state index in [1.54, 1.807) is 42.5 Å². The van der Waals surface area contributed by atoms with E-state index in [1.165, 1.54) is 18.3 Å². The number of carboxylic acids is 1. The molecule has 1 aromatic heterocycles. The molecule has 1 N–H and O–H groups in total. The molecule has 6 nitrogen and oxygen atoms in total. The number of hydrogen-bond donors (Lipinski definition) is 1. The normalized spacial score (nSPS) is 10.2. The Morgan fingerprint density at radius 3 is 2.81 bits per heavy atom. The van der Waals surface area contributed by atoms with E-state index in [9.17, 15) is 9.18 Å².